The second-order valence-corrected chi connectivity index (χ2v) is 8.24. The molecule has 1 N–H and O–H groups in total. The number of aromatic amines is 1. The van der Waals surface area contributed by atoms with Gasteiger partial charge in [0, 0.05) is 24.4 Å². The highest BCUT2D eigenvalue weighted by Crippen LogP contribution is 2.33. The number of ether oxygens (including phenoxy) is 1. The second kappa shape index (κ2) is 7.80. The molecular weight excluding hydrogens is 366 g/mol. The van der Waals surface area contributed by atoms with Crippen molar-refractivity contribution in [3.63, 3.8) is 0 Å². The van der Waals surface area contributed by atoms with Gasteiger partial charge >= 0.3 is 5.97 Å². The van der Waals surface area contributed by atoms with Gasteiger partial charge in [0.25, 0.3) is 11.5 Å². The van der Waals surface area contributed by atoms with Crippen LogP contribution < -0.4 is 5.56 Å². The average Bonchev–Trinajstić information content (AvgIpc) is 3.32. The Bertz CT molecular complexity index is 927. The molecule has 144 valence electrons. The molecule has 3 heterocycles. The third-order valence-corrected chi connectivity index (χ3v) is 6.44. The predicted octanol–water partition coefficient (Wildman–Crippen LogP) is 1.96. The van der Waals surface area contributed by atoms with Crippen LogP contribution in [0, 0.1) is 0 Å². The van der Waals surface area contributed by atoms with Crippen LogP contribution in [0.25, 0.3) is 10.2 Å². The van der Waals surface area contributed by atoms with Gasteiger partial charge in [-0.1, -0.05) is 0 Å². The van der Waals surface area contributed by atoms with Crippen molar-refractivity contribution in [3.05, 3.63) is 26.6 Å². The Balaban J connectivity index is 1.36. The molecule has 0 bridgehead atoms. The first-order valence-electron chi connectivity index (χ1n) is 9.58. The quantitative estimate of drug-likeness (QED) is 0.789. The molecule has 0 saturated carbocycles. The molecule has 0 spiro atoms. The van der Waals surface area contributed by atoms with E-state index in [0.29, 0.717) is 12.2 Å². The number of aryl methyl sites for hydroxylation is 3. The third kappa shape index (κ3) is 3.90. The van der Waals surface area contributed by atoms with E-state index < -0.39 is 5.97 Å². The second-order valence-electron chi connectivity index (χ2n) is 7.15. The van der Waals surface area contributed by atoms with Gasteiger partial charge in [0.05, 0.1) is 11.8 Å². The number of likely N-dealkylation sites (tertiary alicyclic amines) is 1. The lowest BCUT2D eigenvalue weighted by Gasteiger charge is -2.14. The fraction of sp³-hybridized carbons (Fsp3) is 0.579. The first kappa shape index (κ1) is 18.2. The van der Waals surface area contributed by atoms with E-state index in [9.17, 15) is 14.4 Å². The van der Waals surface area contributed by atoms with E-state index in [-0.39, 0.29) is 24.5 Å². The van der Waals surface area contributed by atoms with Crippen LogP contribution in [0.5, 0.6) is 0 Å². The summed E-state index contributed by atoms with van der Waals surface area (Å²) in [6.07, 6.45) is 6.63. The molecule has 2 aromatic rings. The maximum Gasteiger partial charge on any atom is 0.306 e. The van der Waals surface area contributed by atoms with Crippen molar-refractivity contribution in [2.24, 2.45) is 0 Å². The van der Waals surface area contributed by atoms with Crippen molar-refractivity contribution in [2.75, 3.05) is 19.7 Å². The van der Waals surface area contributed by atoms with E-state index >= 15 is 0 Å². The fourth-order valence-electron chi connectivity index (χ4n) is 3.82. The van der Waals surface area contributed by atoms with Crippen LogP contribution in [0.4, 0.5) is 0 Å². The molecule has 4 rings (SSSR count). The maximum atomic E-state index is 12.5. The Labute approximate surface area is 160 Å². The normalized spacial score (nSPS) is 16.5. The van der Waals surface area contributed by atoms with E-state index in [1.807, 2.05) is 0 Å². The van der Waals surface area contributed by atoms with Gasteiger partial charge in [0.2, 0.25) is 0 Å². The van der Waals surface area contributed by atoms with E-state index in [1.54, 1.807) is 16.2 Å². The van der Waals surface area contributed by atoms with Crippen LogP contribution in [0.1, 0.15) is 48.4 Å². The minimum absolute atomic E-state index is 0.0901. The monoisotopic (exact) mass is 389 g/mol. The molecule has 0 radical (unpaired) electrons. The number of hydrogen-bond acceptors (Lipinski definition) is 6. The lowest BCUT2D eigenvalue weighted by atomic mass is 9.97. The number of carbonyl (C=O) groups is 2. The molecule has 1 aliphatic heterocycles. The Morgan fingerprint density at radius 3 is 2.74 bits per heavy atom. The molecule has 8 heteroatoms. The van der Waals surface area contributed by atoms with E-state index in [4.69, 9.17) is 4.74 Å². The number of hydrogen-bond donors (Lipinski definition) is 1. The van der Waals surface area contributed by atoms with Crippen LogP contribution in [-0.2, 0) is 33.6 Å². The molecule has 2 aromatic heterocycles. The Morgan fingerprint density at radius 2 is 1.93 bits per heavy atom. The summed E-state index contributed by atoms with van der Waals surface area (Å²) in [6, 6.07) is 0. The first-order chi connectivity index (χ1) is 13.1. The van der Waals surface area contributed by atoms with Crippen molar-refractivity contribution >= 4 is 33.4 Å². The molecule has 1 amide bonds. The summed E-state index contributed by atoms with van der Waals surface area (Å²) < 4.78 is 5.07. The number of H-pyrrole nitrogens is 1. The highest BCUT2D eigenvalue weighted by Gasteiger charge is 2.21. The molecule has 27 heavy (non-hydrogen) atoms. The number of amides is 1. The molecule has 2 aliphatic rings. The summed E-state index contributed by atoms with van der Waals surface area (Å²) in [5.41, 5.74) is 1.04. The summed E-state index contributed by atoms with van der Waals surface area (Å²) in [5, 5.41) is 0.720. The van der Waals surface area contributed by atoms with Gasteiger partial charge in [-0.3, -0.25) is 14.4 Å². The third-order valence-electron chi connectivity index (χ3n) is 5.26. The Morgan fingerprint density at radius 1 is 1.15 bits per heavy atom. The molecule has 1 aliphatic carbocycles. The van der Waals surface area contributed by atoms with Crippen LogP contribution in [0.15, 0.2) is 4.79 Å². The first-order valence-corrected chi connectivity index (χ1v) is 10.4. The van der Waals surface area contributed by atoms with Crippen molar-refractivity contribution in [1.29, 1.82) is 0 Å². The summed E-state index contributed by atoms with van der Waals surface area (Å²) >= 11 is 1.59. The highest BCUT2D eigenvalue weighted by atomic mass is 32.1. The molecule has 0 unspecified atom stereocenters. The number of aromatic nitrogens is 2. The zero-order valence-corrected chi connectivity index (χ0v) is 16.0. The van der Waals surface area contributed by atoms with Gasteiger partial charge in [-0.15, -0.1) is 11.3 Å². The SMILES string of the molecule is O=C(CCc1nc2sc3c(c2c(=O)[nH]1)CCCC3)OCC(=O)N1CCCC1. The van der Waals surface area contributed by atoms with E-state index in [0.717, 1.165) is 67.4 Å². The lowest BCUT2D eigenvalue weighted by Crippen LogP contribution is -2.32. The van der Waals surface area contributed by atoms with Gasteiger partial charge in [-0.2, -0.15) is 0 Å². The van der Waals surface area contributed by atoms with Crippen molar-refractivity contribution in [2.45, 2.75) is 51.4 Å². The Hall–Kier alpha value is -2.22. The van der Waals surface area contributed by atoms with Crippen LogP contribution in [0.2, 0.25) is 0 Å². The number of fused-ring (bicyclic) bond motifs is 3. The smallest absolute Gasteiger partial charge is 0.306 e. The molecule has 1 saturated heterocycles. The lowest BCUT2D eigenvalue weighted by molar-refractivity contribution is -0.151. The standard InChI is InChI=1S/C19H23N3O4S/c23-15(22-9-3-4-10-22)11-26-16(24)8-7-14-20-18(25)17-12-5-1-2-6-13(12)27-19(17)21-14/h1-11H2,(H,20,21,25). The molecular formula is C19H23N3O4S. The van der Waals surface area contributed by atoms with Crippen LogP contribution in [0.3, 0.4) is 0 Å². The topological polar surface area (TPSA) is 92.4 Å². The largest absolute Gasteiger partial charge is 0.456 e. The van der Waals surface area contributed by atoms with Crippen LogP contribution >= 0.6 is 11.3 Å². The van der Waals surface area contributed by atoms with Crippen molar-refractivity contribution in [3.8, 4) is 0 Å². The van der Waals surface area contributed by atoms with Crippen molar-refractivity contribution in [1.82, 2.24) is 14.9 Å². The number of nitrogens with zero attached hydrogens (tertiary/aromatic N) is 2. The number of thiophene rings is 1. The fourth-order valence-corrected chi connectivity index (χ4v) is 5.10. The molecule has 7 nitrogen and oxygen atoms in total. The maximum absolute atomic E-state index is 12.5. The summed E-state index contributed by atoms with van der Waals surface area (Å²) in [6.45, 7) is 1.28. The average molecular weight is 389 g/mol. The zero-order valence-electron chi connectivity index (χ0n) is 15.2. The number of rotatable bonds is 5. The van der Waals surface area contributed by atoms with Crippen LogP contribution in [-0.4, -0.2) is 46.4 Å². The highest BCUT2D eigenvalue weighted by molar-refractivity contribution is 7.18. The number of carbonyl (C=O) groups excluding carboxylic acids is 2. The summed E-state index contributed by atoms with van der Waals surface area (Å²) in [4.78, 5) is 47.4. The summed E-state index contributed by atoms with van der Waals surface area (Å²) in [5.74, 6) is -0.0948. The van der Waals surface area contributed by atoms with Gasteiger partial charge < -0.3 is 14.6 Å². The minimum Gasteiger partial charge on any atom is -0.456 e. The van der Waals surface area contributed by atoms with E-state index in [1.165, 1.54) is 4.88 Å². The molecule has 0 aromatic carbocycles. The van der Waals surface area contributed by atoms with Gasteiger partial charge in [-0.25, -0.2) is 4.98 Å². The van der Waals surface area contributed by atoms with Gasteiger partial charge in [-0.05, 0) is 44.1 Å². The van der Waals surface area contributed by atoms with E-state index in [2.05, 4.69) is 9.97 Å². The van der Waals surface area contributed by atoms with Gasteiger partial charge in [0.15, 0.2) is 6.61 Å². The van der Waals surface area contributed by atoms with Crippen molar-refractivity contribution < 1.29 is 14.3 Å². The summed E-state index contributed by atoms with van der Waals surface area (Å²) in [7, 11) is 0. The molecule has 0 atom stereocenters. The number of nitrogens with one attached hydrogen (secondary N) is 1. The predicted molar refractivity (Wildman–Crippen MR) is 102 cm³/mol. The van der Waals surface area contributed by atoms with Gasteiger partial charge in [0.1, 0.15) is 10.7 Å². The number of esters is 1. The minimum atomic E-state index is -0.448. The zero-order chi connectivity index (χ0) is 18.8. The molecule has 1 fully saturated rings. The Kier molecular flexibility index (Phi) is 5.24.